The van der Waals surface area contributed by atoms with Crippen molar-refractivity contribution in [1.29, 1.82) is 0 Å². The number of nitrogens with one attached hydrogen (secondary N) is 1. The maximum Gasteiger partial charge on any atom is 0.270 e. The normalized spacial score (nSPS) is 20.0. The number of aliphatic hydroxyl groups excluding tert-OH is 1. The summed E-state index contributed by atoms with van der Waals surface area (Å²) in [5.74, 6) is 0. The quantitative estimate of drug-likeness (QED) is 0.614. The van der Waals surface area contributed by atoms with Crippen LogP contribution in [0.25, 0.3) is 0 Å². The van der Waals surface area contributed by atoms with Crippen LogP contribution in [0, 0.1) is 10.1 Å². The lowest BCUT2D eigenvalue weighted by Gasteiger charge is -2.18. The van der Waals surface area contributed by atoms with Gasteiger partial charge in [0.2, 0.25) is 10.0 Å². The Bertz CT molecular complexity index is 631. The number of nitro groups is 1. The average Bonchev–Trinajstić information content (AvgIpc) is 2.85. The van der Waals surface area contributed by atoms with Crippen LogP contribution >= 0.6 is 0 Å². The summed E-state index contributed by atoms with van der Waals surface area (Å²) < 4.78 is 26.1. The number of benzene rings is 1. The van der Waals surface area contributed by atoms with E-state index in [1.165, 1.54) is 12.1 Å². The fraction of sp³-hybridized carbons (Fsp3) is 0.455. The Labute approximate surface area is 116 Å². The van der Waals surface area contributed by atoms with Gasteiger partial charge in [0.15, 0.2) is 0 Å². The molecule has 1 heterocycles. The fourth-order valence-corrected chi connectivity index (χ4v) is 3.82. The maximum atomic E-state index is 12.5. The molecule has 1 saturated heterocycles. The predicted molar refractivity (Wildman–Crippen MR) is 72.0 cm³/mol. The molecule has 0 saturated carbocycles. The van der Waals surface area contributed by atoms with Gasteiger partial charge in [-0.05, 0) is 12.5 Å². The van der Waals surface area contributed by atoms with E-state index in [4.69, 9.17) is 0 Å². The van der Waals surface area contributed by atoms with E-state index in [1.54, 1.807) is 7.05 Å². The van der Waals surface area contributed by atoms with E-state index < -0.39 is 21.1 Å². The van der Waals surface area contributed by atoms with Gasteiger partial charge >= 0.3 is 0 Å². The topological polar surface area (TPSA) is 113 Å². The van der Waals surface area contributed by atoms with Crippen LogP contribution in [0.15, 0.2) is 23.1 Å². The Kier molecular flexibility index (Phi) is 3.93. The minimum absolute atomic E-state index is 0.00811. The standard InChI is InChI=1S/C11H15N3O5S/c1-12-10-3-2-8(14(16)17)6-11(10)20(18,19)13-5-4-9(15)7-13/h2-3,6,9,12,15H,4-5,7H2,1H3. The minimum Gasteiger partial charge on any atom is -0.392 e. The smallest absolute Gasteiger partial charge is 0.270 e. The van der Waals surface area contributed by atoms with E-state index in [2.05, 4.69) is 5.32 Å². The lowest BCUT2D eigenvalue weighted by Crippen LogP contribution is -2.30. The zero-order chi connectivity index (χ0) is 14.9. The van der Waals surface area contributed by atoms with Crippen molar-refractivity contribution in [3.05, 3.63) is 28.3 Å². The molecule has 1 aliphatic rings. The molecule has 0 spiro atoms. The molecule has 9 heteroatoms. The molecule has 2 rings (SSSR count). The van der Waals surface area contributed by atoms with Gasteiger partial charge in [-0.2, -0.15) is 4.31 Å². The van der Waals surface area contributed by atoms with Crippen molar-refractivity contribution >= 4 is 21.4 Å². The Balaban J connectivity index is 2.49. The average molecular weight is 301 g/mol. The number of nitrogens with zero attached hydrogens (tertiary/aromatic N) is 2. The molecule has 0 radical (unpaired) electrons. The number of nitro benzene ring substituents is 1. The van der Waals surface area contributed by atoms with E-state index in [1.807, 2.05) is 0 Å². The van der Waals surface area contributed by atoms with Gasteiger partial charge in [-0.1, -0.05) is 0 Å². The summed E-state index contributed by atoms with van der Waals surface area (Å²) in [4.78, 5) is 10.00. The first kappa shape index (κ1) is 14.7. The molecule has 20 heavy (non-hydrogen) atoms. The molecule has 8 nitrogen and oxygen atoms in total. The number of β-amino-alcohol motifs (C(OH)–C–C–N with tert-alkyl or cyclic N) is 1. The van der Waals surface area contributed by atoms with Gasteiger partial charge in [-0.3, -0.25) is 10.1 Å². The molecule has 0 aliphatic carbocycles. The monoisotopic (exact) mass is 301 g/mol. The summed E-state index contributed by atoms with van der Waals surface area (Å²) in [6.45, 7) is 0.212. The van der Waals surface area contributed by atoms with Crippen molar-refractivity contribution in [2.24, 2.45) is 0 Å². The molecule has 1 aliphatic heterocycles. The molecular formula is C11H15N3O5S. The highest BCUT2D eigenvalue weighted by Gasteiger charge is 2.34. The van der Waals surface area contributed by atoms with Crippen LogP contribution in [-0.4, -0.2) is 49.0 Å². The first-order chi connectivity index (χ1) is 9.36. The van der Waals surface area contributed by atoms with Crippen LogP contribution in [0.5, 0.6) is 0 Å². The molecular weight excluding hydrogens is 286 g/mol. The van der Waals surface area contributed by atoms with Crippen LogP contribution < -0.4 is 5.32 Å². The van der Waals surface area contributed by atoms with Gasteiger partial charge in [-0.15, -0.1) is 0 Å². The van der Waals surface area contributed by atoms with E-state index in [-0.39, 0.29) is 29.4 Å². The van der Waals surface area contributed by atoms with Gasteiger partial charge in [0.1, 0.15) is 4.90 Å². The Hall–Kier alpha value is -1.71. The van der Waals surface area contributed by atoms with Gasteiger partial charge in [0.05, 0.1) is 16.7 Å². The van der Waals surface area contributed by atoms with Crippen molar-refractivity contribution in [3.8, 4) is 0 Å². The van der Waals surface area contributed by atoms with Crippen molar-refractivity contribution in [2.75, 3.05) is 25.5 Å². The lowest BCUT2D eigenvalue weighted by atomic mass is 10.3. The summed E-state index contributed by atoms with van der Waals surface area (Å²) in [7, 11) is -2.32. The molecule has 110 valence electrons. The van der Waals surface area contributed by atoms with E-state index >= 15 is 0 Å². The first-order valence-corrected chi connectivity index (χ1v) is 7.44. The third-order valence-corrected chi connectivity index (χ3v) is 5.09. The van der Waals surface area contributed by atoms with Gasteiger partial charge in [0, 0.05) is 32.3 Å². The second kappa shape index (κ2) is 5.35. The molecule has 0 bridgehead atoms. The molecule has 1 unspecified atom stereocenters. The second-order valence-corrected chi connectivity index (χ2v) is 6.40. The van der Waals surface area contributed by atoms with Crippen molar-refractivity contribution in [3.63, 3.8) is 0 Å². The predicted octanol–water partition coefficient (Wildman–Crippen LogP) is 0.392. The summed E-state index contributed by atoms with van der Waals surface area (Å²) >= 11 is 0. The second-order valence-electron chi connectivity index (χ2n) is 4.49. The first-order valence-electron chi connectivity index (χ1n) is 6.00. The molecule has 0 amide bonds. The number of hydrogen-bond donors (Lipinski definition) is 2. The molecule has 1 aromatic carbocycles. The highest BCUT2D eigenvalue weighted by atomic mass is 32.2. The molecule has 0 aromatic heterocycles. The number of aliphatic hydroxyl groups is 1. The maximum absolute atomic E-state index is 12.5. The number of rotatable bonds is 4. The van der Waals surface area contributed by atoms with Crippen LogP contribution in [0.3, 0.4) is 0 Å². The van der Waals surface area contributed by atoms with Crippen LogP contribution in [-0.2, 0) is 10.0 Å². The van der Waals surface area contributed by atoms with Crippen LogP contribution in [0.1, 0.15) is 6.42 Å². The number of non-ortho nitro benzene ring substituents is 1. The minimum atomic E-state index is -3.86. The Morgan fingerprint density at radius 3 is 2.70 bits per heavy atom. The summed E-state index contributed by atoms with van der Waals surface area (Å²) in [5, 5.41) is 23.0. The third kappa shape index (κ3) is 2.60. The highest BCUT2D eigenvalue weighted by Crippen LogP contribution is 2.30. The van der Waals surface area contributed by atoms with Crippen molar-refractivity contribution < 1.29 is 18.4 Å². The van der Waals surface area contributed by atoms with Crippen molar-refractivity contribution in [1.82, 2.24) is 4.31 Å². The molecule has 1 aromatic rings. The van der Waals surface area contributed by atoms with E-state index in [9.17, 15) is 23.6 Å². The van der Waals surface area contributed by atoms with E-state index in [0.717, 1.165) is 10.4 Å². The molecule has 2 N–H and O–H groups in total. The summed E-state index contributed by atoms with van der Waals surface area (Å²) in [6, 6.07) is 3.63. The number of sulfonamides is 1. The molecule has 1 fully saturated rings. The SMILES string of the molecule is CNc1ccc([N+](=O)[O-])cc1S(=O)(=O)N1CCC(O)C1. The van der Waals surface area contributed by atoms with Gasteiger partial charge in [0.25, 0.3) is 5.69 Å². The zero-order valence-electron chi connectivity index (χ0n) is 10.8. The Morgan fingerprint density at radius 1 is 1.50 bits per heavy atom. The lowest BCUT2D eigenvalue weighted by molar-refractivity contribution is -0.385. The Morgan fingerprint density at radius 2 is 2.20 bits per heavy atom. The van der Waals surface area contributed by atoms with Gasteiger partial charge < -0.3 is 10.4 Å². The van der Waals surface area contributed by atoms with Crippen molar-refractivity contribution in [2.45, 2.75) is 17.4 Å². The summed E-state index contributed by atoms with van der Waals surface area (Å²) in [6.07, 6.45) is -0.329. The highest BCUT2D eigenvalue weighted by molar-refractivity contribution is 7.89. The number of anilines is 1. The zero-order valence-corrected chi connectivity index (χ0v) is 11.6. The van der Waals surface area contributed by atoms with E-state index in [0.29, 0.717) is 6.42 Å². The fourth-order valence-electron chi connectivity index (χ4n) is 2.11. The largest absolute Gasteiger partial charge is 0.392 e. The molecule has 1 atom stereocenters. The van der Waals surface area contributed by atoms with Gasteiger partial charge in [-0.25, -0.2) is 8.42 Å². The summed E-state index contributed by atoms with van der Waals surface area (Å²) in [5.41, 5.74) is -0.000639. The number of hydrogen-bond acceptors (Lipinski definition) is 6. The third-order valence-electron chi connectivity index (χ3n) is 3.19. The van der Waals surface area contributed by atoms with Crippen LogP contribution in [0.2, 0.25) is 0 Å². The van der Waals surface area contributed by atoms with Crippen LogP contribution in [0.4, 0.5) is 11.4 Å².